The van der Waals surface area contributed by atoms with E-state index >= 15 is 0 Å². The molecular formula is C12H23NO3. The van der Waals surface area contributed by atoms with Crippen LogP contribution in [-0.4, -0.2) is 23.5 Å². The lowest BCUT2D eigenvalue weighted by Crippen LogP contribution is -2.28. The van der Waals surface area contributed by atoms with E-state index in [-0.39, 0.29) is 24.3 Å². The number of carboxylic acid groups (broad SMARTS) is 1. The van der Waals surface area contributed by atoms with E-state index in [9.17, 15) is 9.59 Å². The Balaban J connectivity index is 3.74. The number of nitrogens with one attached hydrogen (secondary N) is 1. The number of carbonyl (C=O) groups is 2. The molecule has 0 saturated carbocycles. The molecule has 94 valence electrons. The van der Waals surface area contributed by atoms with Gasteiger partial charge in [0.25, 0.3) is 0 Å². The fraction of sp³-hybridized carbons (Fsp3) is 0.833. The minimum absolute atomic E-state index is 0.0145. The van der Waals surface area contributed by atoms with E-state index in [0.717, 1.165) is 6.42 Å². The second-order valence-electron chi connectivity index (χ2n) is 5.57. The van der Waals surface area contributed by atoms with Crippen LogP contribution in [0.5, 0.6) is 0 Å². The van der Waals surface area contributed by atoms with Crippen molar-refractivity contribution in [2.45, 2.75) is 47.0 Å². The summed E-state index contributed by atoms with van der Waals surface area (Å²) in [5.41, 5.74) is 0.223. The van der Waals surface area contributed by atoms with Crippen molar-refractivity contribution in [1.29, 1.82) is 0 Å². The highest BCUT2D eigenvalue weighted by molar-refractivity contribution is 5.76. The number of carbonyl (C=O) groups excluding carboxylic acids is 1. The number of amides is 1. The second-order valence-corrected chi connectivity index (χ2v) is 5.57. The zero-order chi connectivity index (χ0) is 12.8. The minimum atomic E-state index is -0.886. The van der Waals surface area contributed by atoms with Crippen LogP contribution in [0.2, 0.25) is 0 Å². The molecule has 16 heavy (non-hydrogen) atoms. The molecule has 0 fully saturated rings. The summed E-state index contributed by atoms with van der Waals surface area (Å²) in [5, 5.41) is 11.0. The van der Waals surface area contributed by atoms with Crippen molar-refractivity contribution < 1.29 is 14.7 Å². The van der Waals surface area contributed by atoms with E-state index in [1.165, 1.54) is 0 Å². The zero-order valence-corrected chi connectivity index (χ0v) is 10.7. The highest BCUT2D eigenvalue weighted by atomic mass is 16.4. The average Bonchev–Trinajstić information content (AvgIpc) is 1.98. The first kappa shape index (κ1) is 14.9. The molecule has 4 nitrogen and oxygen atoms in total. The van der Waals surface area contributed by atoms with Crippen LogP contribution in [-0.2, 0) is 9.59 Å². The third-order valence-corrected chi connectivity index (χ3v) is 2.16. The van der Waals surface area contributed by atoms with Crippen LogP contribution in [0, 0.1) is 11.3 Å². The van der Waals surface area contributed by atoms with Gasteiger partial charge in [0.05, 0.1) is 6.42 Å². The number of hydrogen-bond donors (Lipinski definition) is 2. The maximum absolute atomic E-state index is 11.4. The SMILES string of the molecule is CC(CC(=O)NCCC(=O)O)CC(C)(C)C. The van der Waals surface area contributed by atoms with Crippen molar-refractivity contribution in [2.75, 3.05) is 6.54 Å². The van der Waals surface area contributed by atoms with Crippen molar-refractivity contribution in [2.24, 2.45) is 11.3 Å². The number of rotatable bonds is 6. The molecule has 2 N–H and O–H groups in total. The maximum Gasteiger partial charge on any atom is 0.305 e. The lowest BCUT2D eigenvalue weighted by Gasteiger charge is -2.22. The van der Waals surface area contributed by atoms with E-state index in [1.807, 2.05) is 6.92 Å². The fourth-order valence-electron chi connectivity index (χ4n) is 1.82. The van der Waals surface area contributed by atoms with Gasteiger partial charge in [0.2, 0.25) is 5.91 Å². The Kier molecular flexibility index (Phi) is 6.08. The van der Waals surface area contributed by atoms with Gasteiger partial charge < -0.3 is 10.4 Å². The van der Waals surface area contributed by atoms with E-state index in [2.05, 4.69) is 26.1 Å². The zero-order valence-electron chi connectivity index (χ0n) is 10.7. The molecule has 0 aromatic carbocycles. The number of hydrogen-bond acceptors (Lipinski definition) is 2. The van der Waals surface area contributed by atoms with Crippen LogP contribution < -0.4 is 5.32 Å². The van der Waals surface area contributed by atoms with Crippen LogP contribution >= 0.6 is 0 Å². The molecule has 0 heterocycles. The van der Waals surface area contributed by atoms with Crippen LogP contribution in [0.25, 0.3) is 0 Å². The topological polar surface area (TPSA) is 66.4 Å². The van der Waals surface area contributed by atoms with Crippen molar-refractivity contribution >= 4 is 11.9 Å². The minimum Gasteiger partial charge on any atom is -0.481 e. The van der Waals surface area contributed by atoms with Gasteiger partial charge in [0, 0.05) is 13.0 Å². The lowest BCUT2D eigenvalue weighted by molar-refractivity contribution is -0.136. The molecule has 1 atom stereocenters. The molecule has 0 rings (SSSR count). The average molecular weight is 229 g/mol. The first-order valence-corrected chi connectivity index (χ1v) is 5.69. The molecule has 1 unspecified atom stereocenters. The lowest BCUT2D eigenvalue weighted by atomic mass is 9.84. The van der Waals surface area contributed by atoms with Gasteiger partial charge in [-0.05, 0) is 17.8 Å². The fourth-order valence-corrected chi connectivity index (χ4v) is 1.82. The van der Waals surface area contributed by atoms with Gasteiger partial charge in [0.15, 0.2) is 0 Å². The summed E-state index contributed by atoms with van der Waals surface area (Å²) in [5.74, 6) is -0.620. The molecule has 0 bridgehead atoms. The molecule has 0 aromatic heterocycles. The van der Waals surface area contributed by atoms with Crippen LogP contribution in [0.1, 0.15) is 47.0 Å². The molecule has 0 aromatic rings. The van der Waals surface area contributed by atoms with Crippen molar-refractivity contribution in [3.63, 3.8) is 0 Å². The number of aliphatic carboxylic acids is 1. The first-order chi connectivity index (χ1) is 7.20. The molecular weight excluding hydrogens is 206 g/mol. The standard InChI is InChI=1S/C12H23NO3/c1-9(8-12(2,3)4)7-10(14)13-6-5-11(15)16/h9H,5-8H2,1-4H3,(H,13,14)(H,15,16). The number of carboxylic acids is 1. The Bertz CT molecular complexity index is 243. The van der Waals surface area contributed by atoms with Gasteiger partial charge in [-0.25, -0.2) is 0 Å². The summed E-state index contributed by atoms with van der Waals surface area (Å²) in [6, 6.07) is 0. The second kappa shape index (κ2) is 6.51. The van der Waals surface area contributed by atoms with Gasteiger partial charge in [0.1, 0.15) is 0 Å². The Morgan fingerprint density at radius 1 is 1.31 bits per heavy atom. The van der Waals surface area contributed by atoms with Gasteiger partial charge in [-0.3, -0.25) is 9.59 Å². The summed E-state index contributed by atoms with van der Waals surface area (Å²) < 4.78 is 0. The molecule has 1 amide bonds. The highest BCUT2D eigenvalue weighted by Gasteiger charge is 2.17. The van der Waals surface area contributed by atoms with Gasteiger partial charge in [-0.1, -0.05) is 27.7 Å². The largest absolute Gasteiger partial charge is 0.481 e. The molecule has 0 aliphatic carbocycles. The smallest absolute Gasteiger partial charge is 0.305 e. The predicted molar refractivity (Wildman–Crippen MR) is 63.1 cm³/mol. The van der Waals surface area contributed by atoms with Crippen molar-refractivity contribution in [3.05, 3.63) is 0 Å². The van der Waals surface area contributed by atoms with E-state index in [4.69, 9.17) is 5.11 Å². The summed E-state index contributed by atoms with van der Waals surface area (Å²) in [4.78, 5) is 21.7. The monoisotopic (exact) mass is 229 g/mol. The van der Waals surface area contributed by atoms with E-state index < -0.39 is 5.97 Å². The van der Waals surface area contributed by atoms with Crippen LogP contribution in [0.4, 0.5) is 0 Å². The Labute approximate surface area is 97.4 Å². The highest BCUT2D eigenvalue weighted by Crippen LogP contribution is 2.25. The van der Waals surface area contributed by atoms with Crippen molar-refractivity contribution in [1.82, 2.24) is 5.32 Å². The first-order valence-electron chi connectivity index (χ1n) is 5.69. The Hall–Kier alpha value is -1.06. The van der Waals surface area contributed by atoms with E-state index in [0.29, 0.717) is 12.3 Å². The predicted octanol–water partition coefficient (Wildman–Crippen LogP) is 2.04. The molecule has 0 aliphatic heterocycles. The Morgan fingerprint density at radius 3 is 2.31 bits per heavy atom. The third kappa shape index (κ3) is 9.49. The molecule has 0 radical (unpaired) electrons. The normalized spacial score (nSPS) is 13.2. The van der Waals surface area contributed by atoms with Gasteiger partial charge in [-0.15, -0.1) is 0 Å². The van der Waals surface area contributed by atoms with Crippen molar-refractivity contribution in [3.8, 4) is 0 Å². The summed E-state index contributed by atoms with van der Waals surface area (Å²) in [7, 11) is 0. The van der Waals surface area contributed by atoms with E-state index in [1.54, 1.807) is 0 Å². The Morgan fingerprint density at radius 2 is 1.88 bits per heavy atom. The molecule has 0 saturated heterocycles. The molecule has 0 spiro atoms. The van der Waals surface area contributed by atoms with Gasteiger partial charge in [-0.2, -0.15) is 0 Å². The molecule has 4 heteroatoms. The quantitative estimate of drug-likeness (QED) is 0.732. The van der Waals surface area contributed by atoms with Crippen LogP contribution in [0.15, 0.2) is 0 Å². The summed E-state index contributed by atoms with van der Waals surface area (Å²) >= 11 is 0. The summed E-state index contributed by atoms with van der Waals surface area (Å²) in [6.07, 6.45) is 1.44. The van der Waals surface area contributed by atoms with Gasteiger partial charge >= 0.3 is 5.97 Å². The summed E-state index contributed by atoms with van der Waals surface area (Å²) in [6.45, 7) is 8.70. The third-order valence-electron chi connectivity index (χ3n) is 2.16. The maximum atomic E-state index is 11.4. The molecule has 0 aliphatic rings. The van der Waals surface area contributed by atoms with Crippen LogP contribution in [0.3, 0.4) is 0 Å².